The minimum Gasteiger partial charge on any atom is -0.351 e. The zero-order valence-corrected chi connectivity index (χ0v) is 20.6. The maximum atomic E-state index is 13.5. The Morgan fingerprint density at radius 1 is 1.09 bits per heavy atom. The molecule has 1 aromatic carbocycles. The van der Waals surface area contributed by atoms with E-state index in [0.29, 0.717) is 40.3 Å². The normalized spacial score (nSPS) is 18.1. The van der Waals surface area contributed by atoms with Crippen molar-refractivity contribution in [3.8, 4) is 22.4 Å². The fourth-order valence-electron chi connectivity index (χ4n) is 4.73. The van der Waals surface area contributed by atoms with Gasteiger partial charge in [-0.1, -0.05) is 23.7 Å². The maximum Gasteiger partial charge on any atom is 0.260 e. The standard InChI is InChI=1S/C26H28ClN7O/c1-3-34-24-17(14-31-26(33-24)32-19-7-5-18(28)6-8-19)12-21(25(34)35)20-9-4-16(13-22(20)27)23-15(2)29-10-11-30-23/h4,9-14,18-19H,3,5-8,28H2,1-2H3,(H,31,32,33). The van der Waals surface area contributed by atoms with Gasteiger partial charge in [0.15, 0.2) is 0 Å². The molecular formula is C26H28ClN7O. The first kappa shape index (κ1) is 23.4. The van der Waals surface area contributed by atoms with Crippen molar-refractivity contribution in [2.75, 3.05) is 5.32 Å². The monoisotopic (exact) mass is 489 g/mol. The Bertz CT molecular complexity index is 1440. The molecule has 1 aliphatic carbocycles. The number of benzene rings is 1. The molecule has 5 rings (SSSR count). The highest BCUT2D eigenvalue weighted by Crippen LogP contribution is 2.32. The first-order valence-corrected chi connectivity index (χ1v) is 12.3. The summed E-state index contributed by atoms with van der Waals surface area (Å²) in [6, 6.07) is 7.99. The Morgan fingerprint density at radius 3 is 2.57 bits per heavy atom. The SMILES string of the molecule is CCn1c(=O)c(-c2ccc(-c3nccnc3C)cc2Cl)cc2cnc(NC3CCC(N)CC3)nc21. The molecule has 9 heteroatoms. The summed E-state index contributed by atoms with van der Waals surface area (Å²) in [5, 5.41) is 4.67. The molecule has 0 saturated heterocycles. The van der Waals surface area contributed by atoms with Crippen LogP contribution in [-0.4, -0.2) is 36.6 Å². The van der Waals surface area contributed by atoms with Crippen LogP contribution in [0.15, 0.2) is 47.7 Å². The Balaban J connectivity index is 1.52. The van der Waals surface area contributed by atoms with Gasteiger partial charge in [0.25, 0.3) is 5.56 Å². The number of aromatic nitrogens is 5. The highest BCUT2D eigenvalue weighted by atomic mass is 35.5. The Hall–Kier alpha value is -3.36. The highest BCUT2D eigenvalue weighted by molar-refractivity contribution is 6.33. The maximum absolute atomic E-state index is 13.5. The number of hydrogen-bond donors (Lipinski definition) is 2. The molecule has 180 valence electrons. The summed E-state index contributed by atoms with van der Waals surface area (Å²) in [5.41, 5.74) is 10.1. The van der Waals surface area contributed by atoms with Crippen LogP contribution in [0.4, 0.5) is 5.95 Å². The molecule has 1 fully saturated rings. The van der Waals surface area contributed by atoms with Gasteiger partial charge < -0.3 is 11.1 Å². The van der Waals surface area contributed by atoms with E-state index in [-0.39, 0.29) is 11.6 Å². The van der Waals surface area contributed by atoms with E-state index in [1.54, 1.807) is 23.2 Å². The molecule has 8 nitrogen and oxygen atoms in total. The van der Waals surface area contributed by atoms with Gasteiger partial charge in [0, 0.05) is 64.3 Å². The van der Waals surface area contributed by atoms with Crippen LogP contribution in [0.1, 0.15) is 38.3 Å². The van der Waals surface area contributed by atoms with Crippen LogP contribution in [0.3, 0.4) is 0 Å². The van der Waals surface area contributed by atoms with E-state index in [1.807, 2.05) is 38.1 Å². The molecule has 1 saturated carbocycles. The first-order valence-electron chi connectivity index (χ1n) is 11.9. The van der Waals surface area contributed by atoms with E-state index < -0.39 is 0 Å². The Labute approximate surface area is 208 Å². The number of anilines is 1. The molecule has 0 aliphatic heterocycles. The number of hydrogen-bond acceptors (Lipinski definition) is 7. The molecule has 3 N–H and O–H groups in total. The highest BCUT2D eigenvalue weighted by Gasteiger charge is 2.20. The second-order valence-electron chi connectivity index (χ2n) is 9.02. The zero-order chi connectivity index (χ0) is 24.5. The van der Waals surface area contributed by atoms with E-state index in [9.17, 15) is 4.79 Å². The number of nitrogens with two attached hydrogens (primary N) is 1. The zero-order valence-electron chi connectivity index (χ0n) is 19.8. The molecule has 4 aromatic rings. The molecule has 0 amide bonds. The summed E-state index contributed by atoms with van der Waals surface area (Å²) in [6.07, 6.45) is 9.04. The lowest BCUT2D eigenvalue weighted by molar-refractivity contribution is 0.410. The molecule has 1 aliphatic rings. The summed E-state index contributed by atoms with van der Waals surface area (Å²) in [5.74, 6) is 0.536. The number of halogens is 1. The lowest BCUT2D eigenvalue weighted by atomic mass is 9.92. The molecule has 3 aromatic heterocycles. The van der Waals surface area contributed by atoms with E-state index in [2.05, 4.69) is 20.3 Å². The van der Waals surface area contributed by atoms with Crippen molar-refractivity contribution in [1.29, 1.82) is 0 Å². The van der Waals surface area contributed by atoms with E-state index in [1.165, 1.54) is 0 Å². The number of aryl methyl sites for hydroxylation is 2. The first-order chi connectivity index (χ1) is 16.9. The average molecular weight is 490 g/mol. The van der Waals surface area contributed by atoms with Gasteiger partial charge in [0.2, 0.25) is 5.95 Å². The summed E-state index contributed by atoms with van der Waals surface area (Å²) >= 11 is 6.68. The molecule has 0 radical (unpaired) electrons. The molecule has 0 spiro atoms. The predicted molar refractivity (Wildman–Crippen MR) is 140 cm³/mol. The molecule has 0 atom stereocenters. The Morgan fingerprint density at radius 2 is 1.86 bits per heavy atom. The molecule has 35 heavy (non-hydrogen) atoms. The third kappa shape index (κ3) is 4.63. The minimum absolute atomic E-state index is 0.140. The third-order valence-electron chi connectivity index (χ3n) is 6.66. The number of nitrogens with zero attached hydrogens (tertiary/aromatic N) is 5. The van der Waals surface area contributed by atoms with Crippen LogP contribution in [0, 0.1) is 6.92 Å². The van der Waals surface area contributed by atoms with Crippen molar-refractivity contribution in [3.63, 3.8) is 0 Å². The van der Waals surface area contributed by atoms with Gasteiger partial charge in [-0.15, -0.1) is 0 Å². The van der Waals surface area contributed by atoms with Crippen molar-refractivity contribution in [2.24, 2.45) is 5.73 Å². The van der Waals surface area contributed by atoms with Crippen molar-refractivity contribution in [2.45, 2.75) is 58.2 Å². The second kappa shape index (κ2) is 9.71. The van der Waals surface area contributed by atoms with E-state index in [0.717, 1.165) is 48.0 Å². The van der Waals surface area contributed by atoms with Gasteiger partial charge in [-0.25, -0.2) is 4.98 Å². The molecule has 0 bridgehead atoms. The topological polar surface area (TPSA) is 112 Å². The average Bonchev–Trinajstić information content (AvgIpc) is 2.86. The van der Waals surface area contributed by atoms with Gasteiger partial charge in [0.1, 0.15) is 5.65 Å². The largest absolute Gasteiger partial charge is 0.351 e. The number of nitrogens with one attached hydrogen (secondary N) is 1. The minimum atomic E-state index is -0.140. The second-order valence-corrected chi connectivity index (χ2v) is 9.43. The number of pyridine rings is 1. The van der Waals surface area contributed by atoms with Crippen LogP contribution in [-0.2, 0) is 6.54 Å². The van der Waals surface area contributed by atoms with Crippen molar-refractivity contribution in [1.82, 2.24) is 24.5 Å². The van der Waals surface area contributed by atoms with Gasteiger partial charge >= 0.3 is 0 Å². The van der Waals surface area contributed by atoms with E-state index in [4.69, 9.17) is 22.3 Å². The Kier molecular flexibility index (Phi) is 6.49. The van der Waals surface area contributed by atoms with Crippen molar-refractivity contribution >= 4 is 28.6 Å². The van der Waals surface area contributed by atoms with E-state index >= 15 is 0 Å². The fourth-order valence-corrected chi connectivity index (χ4v) is 5.02. The summed E-state index contributed by atoms with van der Waals surface area (Å²) in [4.78, 5) is 31.4. The lowest BCUT2D eigenvalue weighted by Gasteiger charge is -2.26. The lowest BCUT2D eigenvalue weighted by Crippen LogP contribution is -2.33. The quantitative estimate of drug-likeness (QED) is 0.422. The smallest absolute Gasteiger partial charge is 0.260 e. The molecular weight excluding hydrogens is 462 g/mol. The molecule has 3 heterocycles. The number of rotatable bonds is 5. The van der Waals surface area contributed by atoms with Gasteiger partial charge in [-0.2, -0.15) is 4.98 Å². The predicted octanol–water partition coefficient (Wildman–Crippen LogP) is 4.58. The third-order valence-corrected chi connectivity index (χ3v) is 6.97. The van der Waals surface area contributed by atoms with Crippen LogP contribution < -0.4 is 16.6 Å². The summed E-state index contributed by atoms with van der Waals surface area (Å²) in [6.45, 7) is 4.32. The number of fused-ring (bicyclic) bond motifs is 1. The fraction of sp³-hybridized carbons (Fsp3) is 0.346. The summed E-state index contributed by atoms with van der Waals surface area (Å²) < 4.78 is 1.67. The van der Waals surface area contributed by atoms with Crippen LogP contribution in [0.25, 0.3) is 33.4 Å². The van der Waals surface area contributed by atoms with Crippen molar-refractivity contribution in [3.05, 3.63) is 63.9 Å². The van der Waals surface area contributed by atoms with Crippen LogP contribution >= 0.6 is 11.6 Å². The molecule has 0 unspecified atom stereocenters. The van der Waals surface area contributed by atoms with Gasteiger partial charge in [0.05, 0.1) is 11.4 Å². The van der Waals surface area contributed by atoms with Gasteiger partial charge in [-0.3, -0.25) is 19.3 Å². The van der Waals surface area contributed by atoms with Crippen LogP contribution in [0.2, 0.25) is 5.02 Å². The van der Waals surface area contributed by atoms with Gasteiger partial charge in [-0.05, 0) is 51.7 Å². The van der Waals surface area contributed by atoms with Crippen LogP contribution in [0.5, 0.6) is 0 Å². The summed E-state index contributed by atoms with van der Waals surface area (Å²) in [7, 11) is 0. The van der Waals surface area contributed by atoms with Crippen molar-refractivity contribution < 1.29 is 0 Å².